The van der Waals surface area contributed by atoms with Crippen LogP contribution in [0.4, 0.5) is 0 Å². The van der Waals surface area contributed by atoms with Crippen molar-refractivity contribution in [3.8, 4) is 0 Å². The second kappa shape index (κ2) is 9.00. The van der Waals surface area contributed by atoms with Gasteiger partial charge in [0.05, 0.1) is 0 Å². The van der Waals surface area contributed by atoms with E-state index in [9.17, 15) is 4.79 Å². The molecule has 0 radical (unpaired) electrons. The quantitative estimate of drug-likeness (QED) is 0.267. The minimum Gasteiger partial charge on any atom is -0.370 e. The van der Waals surface area contributed by atoms with Gasteiger partial charge in [-0.3, -0.25) is 4.79 Å². The molecule has 0 heterocycles. The molecule has 0 saturated carbocycles. The van der Waals surface area contributed by atoms with E-state index in [4.69, 9.17) is 16.3 Å². The first-order chi connectivity index (χ1) is 11.2. The van der Waals surface area contributed by atoms with Gasteiger partial charge in [-0.05, 0) is 63.9 Å². The van der Waals surface area contributed by atoms with Gasteiger partial charge in [0.25, 0.3) is 0 Å². The number of carbonyl (C=O) groups excluding carboxylic acids is 1. The van der Waals surface area contributed by atoms with Crippen molar-refractivity contribution in [3.63, 3.8) is 0 Å². The third-order valence-electron chi connectivity index (χ3n) is 4.06. The van der Waals surface area contributed by atoms with Gasteiger partial charge in [-0.15, -0.1) is 0 Å². The highest BCUT2D eigenvalue weighted by molar-refractivity contribution is 6.66. The molecule has 1 aliphatic rings. The Morgan fingerprint density at radius 3 is 2.25 bits per heavy atom. The van der Waals surface area contributed by atoms with Gasteiger partial charge in [0.1, 0.15) is 5.60 Å². The van der Waals surface area contributed by atoms with Crippen molar-refractivity contribution in [2.45, 2.75) is 40.2 Å². The highest BCUT2D eigenvalue weighted by Gasteiger charge is 2.26. The SMILES string of the molecule is COC1(C)C=C(C)C(/C=C/C(C)=C/C=C/C(C)=C/C(=O)Cl)C(C)=C1. The van der Waals surface area contributed by atoms with Gasteiger partial charge in [0, 0.05) is 19.1 Å². The maximum absolute atomic E-state index is 10.8. The Morgan fingerprint density at radius 1 is 1.17 bits per heavy atom. The first-order valence-electron chi connectivity index (χ1n) is 8.01. The average Bonchev–Trinajstić information content (AvgIpc) is 2.45. The van der Waals surface area contributed by atoms with Gasteiger partial charge >= 0.3 is 0 Å². The van der Waals surface area contributed by atoms with Crippen molar-refractivity contribution < 1.29 is 9.53 Å². The monoisotopic (exact) mass is 346 g/mol. The van der Waals surface area contributed by atoms with Crippen molar-refractivity contribution in [1.29, 1.82) is 0 Å². The molecule has 0 aromatic heterocycles. The summed E-state index contributed by atoms with van der Waals surface area (Å²) in [6, 6.07) is 0. The van der Waals surface area contributed by atoms with Gasteiger partial charge in [-0.25, -0.2) is 0 Å². The Labute approximate surface area is 150 Å². The number of methoxy groups -OCH3 is 1. The van der Waals surface area contributed by atoms with E-state index in [0.29, 0.717) is 5.92 Å². The molecule has 1 aliphatic carbocycles. The van der Waals surface area contributed by atoms with Crippen molar-refractivity contribution >= 4 is 16.8 Å². The zero-order valence-electron chi connectivity index (χ0n) is 15.4. The molecular weight excluding hydrogens is 320 g/mol. The normalized spacial score (nSPS) is 26.0. The standard InChI is InChI=1S/C21H27ClO2/c1-15(8-7-9-16(2)12-20(22)23)10-11-19-17(3)13-21(5,24-6)14-18(19)4/h7-14,19H,1-6H3/b9-7+,11-10+,15-8+,16-12+. The van der Waals surface area contributed by atoms with E-state index in [0.717, 1.165) is 11.1 Å². The van der Waals surface area contributed by atoms with E-state index >= 15 is 0 Å². The fourth-order valence-corrected chi connectivity index (χ4v) is 2.96. The first-order valence-corrected chi connectivity index (χ1v) is 8.39. The van der Waals surface area contributed by atoms with Crippen LogP contribution in [0.25, 0.3) is 0 Å². The predicted molar refractivity (Wildman–Crippen MR) is 103 cm³/mol. The lowest BCUT2D eigenvalue weighted by Gasteiger charge is -2.30. The molecule has 0 saturated heterocycles. The third kappa shape index (κ3) is 6.46. The second-order valence-electron chi connectivity index (χ2n) is 6.46. The molecule has 1 rings (SSSR count). The van der Waals surface area contributed by atoms with E-state index in [2.05, 4.69) is 45.1 Å². The molecule has 130 valence electrons. The van der Waals surface area contributed by atoms with E-state index < -0.39 is 5.24 Å². The van der Waals surface area contributed by atoms with E-state index in [1.54, 1.807) is 7.11 Å². The third-order valence-corrected chi connectivity index (χ3v) is 4.17. The Hall–Kier alpha value is -1.64. The van der Waals surface area contributed by atoms with Gasteiger partial charge < -0.3 is 4.74 Å². The molecule has 0 amide bonds. The van der Waals surface area contributed by atoms with Crippen LogP contribution in [0.5, 0.6) is 0 Å². The van der Waals surface area contributed by atoms with Gasteiger partial charge in [0.15, 0.2) is 0 Å². The Morgan fingerprint density at radius 2 is 1.75 bits per heavy atom. The second-order valence-corrected chi connectivity index (χ2v) is 6.84. The number of hydrogen-bond acceptors (Lipinski definition) is 2. The Bertz CT molecular complexity index is 637. The Kier molecular flexibility index (Phi) is 7.65. The van der Waals surface area contributed by atoms with Crippen LogP contribution in [-0.2, 0) is 9.53 Å². The van der Waals surface area contributed by atoms with Crippen LogP contribution >= 0.6 is 11.6 Å². The van der Waals surface area contributed by atoms with Crippen LogP contribution in [0.1, 0.15) is 34.6 Å². The molecule has 0 aromatic carbocycles. The molecule has 2 nitrogen and oxygen atoms in total. The summed E-state index contributed by atoms with van der Waals surface area (Å²) < 4.78 is 5.56. The van der Waals surface area contributed by atoms with Gasteiger partial charge in [-0.1, -0.05) is 47.1 Å². The zero-order chi connectivity index (χ0) is 18.3. The molecule has 0 bridgehead atoms. The predicted octanol–water partition coefficient (Wildman–Crippen LogP) is 5.68. The molecule has 0 fully saturated rings. The molecule has 0 aromatic rings. The van der Waals surface area contributed by atoms with Crippen LogP contribution in [0.3, 0.4) is 0 Å². The lowest BCUT2D eigenvalue weighted by molar-refractivity contribution is -0.107. The molecule has 0 N–H and O–H groups in total. The molecule has 0 atom stereocenters. The number of allylic oxidation sites excluding steroid dienone is 10. The summed E-state index contributed by atoms with van der Waals surface area (Å²) in [7, 11) is 1.73. The smallest absolute Gasteiger partial charge is 0.245 e. The maximum atomic E-state index is 10.8. The highest BCUT2D eigenvalue weighted by Crippen LogP contribution is 2.33. The summed E-state index contributed by atoms with van der Waals surface area (Å²) in [6.07, 6.45) is 15.8. The van der Waals surface area contributed by atoms with E-state index in [1.807, 2.05) is 32.1 Å². The number of rotatable bonds is 6. The Balaban J connectivity index is 2.81. The maximum Gasteiger partial charge on any atom is 0.245 e. The largest absolute Gasteiger partial charge is 0.370 e. The first kappa shape index (κ1) is 20.4. The fourth-order valence-electron chi connectivity index (χ4n) is 2.79. The van der Waals surface area contributed by atoms with Crippen molar-refractivity contribution in [2.24, 2.45) is 5.92 Å². The highest BCUT2D eigenvalue weighted by atomic mass is 35.5. The molecular formula is C21H27ClO2. The topological polar surface area (TPSA) is 26.3 Å². The van der Waals surface area contributed by atoms with Gasteiger partial charge in [0.2, 0.25) is 5.24 Å². The molecule has 0 aliphatic heterocycles. The zero-order valence-corrected chi connectivity index (χ0v) is 16.1. The summed E-state index contributed by atoms with van der Waals surface area (Å²) in [5, 5.41) is -0.456. The van der Waals surface area contributed by atoms with E-state index in [-0.39, 0.29) is 5.60 Å². The van der Waals surface area contributed by atoms with Crippen molar-refractivity contribution in [3.05, 3.63) is 70.9 Å². The summed E-state index contributed by atoms with van der Waals surface area (Å²) in [5.74, 6) is 0.302. The number of hydrogen-bond donors (Lipinski definition) is 0. The summed E-state index contributed by atoms with van der Waals surface area (Å²) >= 11 is 5.31. The van der Waals surface area contributed by atoms with Crippen LogP contribution < -0.4 is 0 Å². The summed E-state index contributed by atoms with van der Waals surface area (Å²) in [6.45, 7) is 10.2. The minimum absolute atomic E-state index is 0.302. The fraction of sp³-hybridized carbons (Fsp3) is 0.381. The molecule has 0 spiro atoms. The van der Waals surface area contributed by atoms with Gasteiger partial charge in [-0.2, -0.15) is 0 Å². The lowest BCUT2D eigenvalue weighted by atomic mass is 9.81. The van der Waals surface area contributed by atoms with Crippen LogP contribution in [0.15, 0.2) is 70.9 Å². The van der Waals surface area contributed by atoms with Crippen LogP contribution in [0.2, 0.25) is 0 Å². The summed E-state index contributed by atoms with van der Waals surface area (Å²) in [4.78, 5) is 10.8. The molecule has 0 unspecified atom stereocenters. The average molecular weight is 347 g/mol. The number of ether oxygens (including phenoxy) is 1. The lowest BCUT2D eigenvalue weighted by Crippen LogP contribution is -2.27. The van der Waals surface area contributed by atoms with Crippen LogP contribution in [0, 0.1) is 5.92 Å². The molecule has 3 heteroatoms. The van der Waals surface area contributed by atoms with E-state index in [1.165, 1.54) is 17.2 Å². The summed E-state index contributed by atoms with van der Waals surface area (Å²) in [5.41, 5.74) is 4.23. The number of halogens is 1. The van der Waals surface area contributed by atoms with Crippen molar-refractivity contribution in [1.82, 2.24) is 0 Å². The molecule has 24 heavy (non-hydrogen) atoms. The minimum atomic E-state index is -0.456. The van der Waals surface area contributed by atoms with Crippen molar-refractivity contribution in [2.75, 3.05) is 7.11 Å². The number of carbonyl (C=O) groups is 1. The van der Waals surface area contributed by atoms with Crippen LogP contribution in [-0.4, -0.2) is 18.0 Å².